The van der Waals surface area contributed by atoms with Gasteiger partial charge in [0.2, 0.25) is 5.91 Å². The maximum atomic E-state index is 11.8. The summed E-state index contributed by atoms with van der Waals surface area (Å²) >= 11 is 6.11. The summed E-state index contributed by atoms with van der Waals surface area (Å²) in [6.45, 7) is 5.97. The molecule has 1 aliphatic carbocycles. The summed E-state index contributed by atoms with van der Waals surface area (Å²) in [5.41, 5.74) is -0.166. The normalized spacial score (nSPS) is 21.1. The predicted molar refractivity (Wildman–Crippen MR) is 64.1 cm³/mol. The molecular formula is C12H22ClNO. The van der Waals surface area contributed by atoms with Crippen LogP contribution >= 0.6 is 11.6 Å². The molecule has 1 amide bonds. The van der Waals surface area contributed by atoms with Gasteiger partial charge in [0, 0.05) is 6.04 Å². The molecule has 15 heavy (non-hydrogen) atoms. The first kappa shape index (κ1) is 12.8. The van der Waals surface area contributed by atoms with Crippen molar-refractivity contribution in [3.05, 3.63) is 0 Å². The molecule has 1 rings (SSSR count). The van der Waals surface area contributed by atoms with Gasteiger partial charge in [-0.05, 0) is 18.3 Å². The molecule has 1 atom stereocenters. The van der Waals surface area contributed by atoms with Crippen LogP contribution in [0.5, 0.6) is 0 Å². The van der Waals surface area contributed by atoms with Crippen LogP contribution in [0.4, 0.5) is 0 Å². The number of hydrogen-bond acceptors (Lipinski definition) is 1. The van der Waals surface area contributed by atoms with Gasteiger partial charge in [-0.1, -0.05) is 40.0 Å². The number of rotatable bonds is 2. The Kier molecular flexibility index (Phi) is 4.45. The van der Waals surface area contributed by atoms with Crippen molar-refractivity contribution in [2.24, 2.45) is 5.41 Å². The van der Waals surface area contributed by atoms with Gasteiger partial charge in [-0.2, -0.15) is 0 Å². The van der Waals surface area contributed by atoms with Crippen LogP contribution in [-0.2, 0) is 4.79 Å². The van der Waals surface area contributed by atoms with Gasteiger partial charge in [-0.25, -0.2) is 0 Å². The van der Waals surface area contributed by atoms with Crippen molar-refractivity contribution in [1.29, 1.82) is 0 Å². The molecule has 1 fully saturated rings. The Bertz CT molecular complexity index is 216. The van der Waals surface area contributed by atoms with Gasteiger partial charge in [-0.3, -0.25) is 4.79 Å². The Hall–Kier alpha value is -0.240. The van der Waals surface area contributed by atoms with Crippen LogP contribution < -0.4 is 5.32 Å². The molecule has 1 aliphatic rings. The lowest BCUT2D eigenvalue weighted by Crippen LogP contribution is -2.44. The minimum atomic E-state index is -0.431. The number of halogens is 1. The summed E-state index contributed by atoms with van der Waals surface area (Å²) in [5, 5.41) is 2.62. The SMILES string of the molecule is CC(C)(C)C(Cl)C(=O)NC1CCCCC1. The van der Waals surface area contributed by atoms with E-state index in [2.05, 4.69) is 5.32 Å². The van der Waals surface area contributed by atoms with Crippen LogP contribution in [0, 0.1) is 5.41 Å². The summed E-state index contributed by atoms with van der Waals surface area (Å²) in [7, 11) is 0. The second-order valence-corrected chi connectivity index (χ2v) is 6.01. The van der Waals surface area contributed by atoms with E-state index >= 15 is 0 Å². The first-order valence-corrected chi connectivity index (χ1v) is 6.29. The van der Waals surface area contributed by atoms with Crippen LogP contribution in [0.25, 0.3) is 0 Å². The highest BCUT2D eigenvalue weighted by Crippen LogP contribution is 2.25. The summed E-state index contributed by atoms with van der Waals surface area (Å²) in [5.74, 6) is -0.00364. The summed E-state index contributed by atoms with van der Waals surface area (Å²) in [6.07, 6.45) is 5.98. The molecule has 3 heteroatoms. The van der Waals surface area contributed by atoms with Crippen molar-refractivity contribution in [3.8, 4) is 0 Å². The van der Waals surface area contributed by atoms with E-state index in [1.165, 1.54) is 19.3 Å². The molecule has 0 spiro atoms. The minimum Gasteiger partial charge on any atom is -0.352 e. The Morgan fingerprint density at radius 2 is 1.80 bits per heavy atom. The van der Waals surface area contributed by atoms with Gasteiger partial charge < -0.3 is 5.32 Å². The van der Waals surface area contributed by atoms with E-state index < -0.39 is 5.38 Å². The van der Waals surface area contributed by atoms with E-state index in [1.807, 2.05) is 20.8 Å². The third-order valence-electron chi connectivity index (χ3n) is 2.94. The molecule has 0 bridgehead atoms. The highest BCUT2D eigenvalue weighted by Gasteiger charge is 2.30. The largest absolute Gasteiger partial charge is 0.352 e. The number of carbonyl (C=O) groups is 1. The van der Waals surface area contributed by atoms with Crippen LogP contribution in [0.3, 0.4) is 0 Å². The smallest absolute Gasteiger partial charge is 0.238 e. The van der Waals surface area contributed by atoms with Gasteiger partial charge in [0.15, 0.2) is 0 Å². The number of hydrogen-bond donors (Lipinski definition) is 1. The Morgan fingerprint density at radius 1 is 1.27 bits per heavy atom. The van der Waals surface area contributed by atoms with Crippen molar-refractivity contribution in [1.82, 2.24) is 5.32 Å². The Morgan fingerprint density at radius 3 is 2.27 bits per heavy atom. The van der Waals surface area contributed by atoms with E-state index in [4.69, 9.17) is 11.6 Å². The lowest BCUT2D eigenvalue weighted by atomic mass is 9.90. The lowest BCUT2D eigenvalue weighted by molar-refractivity contribution is -0.123. The van der Waals surface area contributed by atoms with Gasteiger partial charge in [0.05, 0.1) is 0 Å². The molecule has 0 heterocycles. The predicted octanol–water partition coefficient (Wildman–Crippen LogP) is 3.09. The lowest BCUT2D eigenvalue weighted by Gasteiger charge is -2.28. The molecule has 1 N–H and O–H groups in total. The molecule has 2 nitrogen and oxygen atoms in total. The zero-order valence-corrected chi connectivity index (χ0v) is 10.7. The molecule has 1 unspecified atom stereocenters. The highest BCUT2D eigenvalue weighted by atomic mass is 35.5. The maximum Gasteiger partial charge on any atom is 0.238 e. The average molecular weight is 232 g/mol. The van der Waals surface area contributed by atoms with Crippen molar-refractivity contribution in [2.75, 3.05) is 0 Å². The molecular weight excluding hydrogens is 210 g/mol. The van der Waals surface area contributed by atoms with Crippen LogP contribution in [0.15, 0.2) is 0 Å². The third-order valence-corrected chi connectivity index (χ3v) is 3.79. The highest BCUT2D eigenvalue weighted by molar-refractivity contribution is 6.31. The summed E-state index contributed by atoms with van der Waals surface area (Å²) in [4.78, 5) is 11.8. The van der Waals surface area contributed by atoms with E-state index in [-0.39, 0.29) is 11.3 Å². The quantitative estimate of drug-likeness (QED) is 0.728. The van der Waals surface area contributed by atoms with Gasteiger partial charge in [0.25, 0.3) is 0 Å². The van der Waals surface area contributed by atoms with E-state index in [1.54, 1.807) is 0 Å². The molecule has 0 aromatic heterocycles. The number of alkyl halides is 1. The standard InChI is InChI=1S/C12H22ClNO/c1-12(2,3)10(13)11(15)14-9-7-5-4-6-8-9/h9-10H,4-8H2,1-3H3,(H,14,15). The fourth-order valence-corrected chi connectivity index (χ4v) is 1.98. The maximum absolute atomic E-state index is 11.8. The van der Waals surface area contributed by atoms with E-state index in [0.29, 0.717) is 6.04 Å². The second kappa shape index (κ2) is 5.20. The van der Waals surface area contributed by atoms with Crippen LogP contribution in [0.2, 0.25) is 0 Å². The molecule has 1 saturated carbocycles. The fourth-order valence-electron chi connectivity index (χ4n) is 1.91. The Balaban J connectivity index is 2.40. The second-order valence-electron chi connectivity index (χ2n) is 5.57. The van der Waals surface area contributed by atoms with E-state index in [0.717, 1.165) is 12.8 Å². The third kappa shape index (κ3) is 4.02. The molecule has 0 aliphatic heterocycles. The van der Waals surface area contributed by atoms with Gasteiger partial charge in [-0.15, -0.1) is 11.6 Å². The van der Waals surface area contributed by atoms with Crippen molar-refractivity contribution in [3.63, 3.8) is 0 Å². The zero-order chi connectivity index (χ0) is 11.5. The first-order valence-electron chi connectivity index (χ1n) is 5.85. The van der Waals surface area contributed by atoms with Crippen molar-refractivity contribution < 1.29 is 4.79 Å². The fraction of sp³-hybridized carbons (Fsp3) is 0.917. The zero-order valence-electron chi connectivity index (χ0n) is 9.98. The number of amides is 1. The minimum absolute atomic E-state index is 0.00364. The van der Waals surface area contributed by atoms with Crippen molar-refractivity contribution >= 4 is 17.5 Å². The van der Waals surface area contributed by atoms with Crippen LogP contribution in [-0.4, -0.2) is 17.3 Å². The molecule has 0 saturated heterocycles. The van der Waals surface area contributed by atoms with Crippen molar-refractivity contribution in [2.45, 2.75) is 64.3 Å². The Labute approximate surface area is 97.8 Å². The number of carbonyl (C=O) groups excluding carboxylic acids is 1. The van der Waals surface area contributed by atoms with Gasteiger partial charge in [0.1, 0.15) is 5.38 Å². The van der Waals surface area contributed by atoms with E-state index in [9.17, 15) is 4.79 Å². The van der Waals surface area contributed by atoms with Crippen LogP contribution in [0.1, 0.15) is 52.9 Å². The summed E-state index contributed by atoms with van der Waals surface area (Å²) < 4.78 is 0. The first-order chi connectivity index (χ1) is 6.91. The molecule has 0 aromatic carbocycles. The van der Waals surface area contributed by atoms with Gasteiger partial charge >= 0.3 is 0 Å². The summed E-state index contributed by atoms with van der Waals surface area (Å²) in [6, 6.07) is 0.356. The topological polar surface area (TPSA) is 29.1 Å². The number of nitrogens with one attached hydrogen (secondary N) is 1. The average Bonchev–Trinajstić information content (AvgIpc) is 2.16. The molecule has 88 valence electrons. The molecule has 0 aromatic rings. The molecule has 0 radical (unpaired) electrons. The monoisotopic (exact) mass is 231 g/mol.